The van der Waals surface area contributed by atoms with Gasteiger partial charge in [0.15, 0.2) is 0 Å². The molecule has 1 heterocycles. The lowest BCUT2D eigenvalue weighted by atomic mass is 10.2. The molecule has 0 bridgehead atoms. The Bertz CT molecular complexity index is 1120. The number of methoxy groups -OCH3 is 1. The van der Waals surface area contributed by atoms with Gasteiger partial charge in [-0.15, -0.1) is 0 Å². The summed E-state index contributed by atoms with van der Waals surface area (Å²) in [6.45, 7) is 0. The molecule has 0 radical (unpaired) electrons. The number of nitrogens with one attached hydrogen (secondary N) is 1. The van der Waals surface area contributed by atoms with Gasteiger partial charge in [-0.3, -0.25) is 10.1 Å². The number of nitro groups is 1. The number of hydrogen-bond donors (Lipinski definition) is 1. The van der Waals surface area contributed by atoms with Crippen molar-refractivity contribution in [2.24, 2.45) is 0 Å². The molecule has 3 aromatic carbocycles. The second kappa shape index (κ2) is 8.00. The summed E-state index contributed by atoms with van der Waals surface area (Å²) in [4.78, 5) is 17.1. The zero-order valence-electron chi connectivity index (χ0n) is 14.9. The number of ether oxygens (including phenoxy) is 1. The molecule has 0 unspecified atom stereocenters. The van der Waals surface area contributed by atoms with Crippen molar-refractivity contribution in [3.8, 4) is 5.75 Å². The van der Waals surface area contributed by atoms with Crippen molar-refractivity contribution in [3.63, 3.8) is 0 Å². The van der Waals surface area contributed by atoms with Crippen LogP contribution in [0.4, 0.5) is 5.69 Å². The fourth-order valence-corrected chi connectivity index (χ4v) is 4.84. The Morgan fingerprint density at radius 2 is 1.54 bits per heavy atom. The third-order valence-corrected chi connectivity index (χ3v) is 6.46. The molecule has 0 spiro atoms. The number of nitro benzene ring substituents is 1. The van der Waals surface area contributed by atoms with Crippen molar-refractivity contribution in [1.29, 1.82) is 0 Å². The van der Waals surface area contributed by atoms with E-state index in [-0.39, 0.29) is 10.6 Å². The number of hydrogen-bond acceptors (Lipinski definition) is 5. The van der Waals surface area contributed by atoms with Crippen LogP contribution in [0.15, 0.2) is 92.5 Å². The van der Waals surface area contributed by atoms with Crippen LogP contribution in [0.2, 0.25) is 0 Å². The van der Waals surface area contributed by atoms with Crippen LogP contribution in [-0.4, -0.2) is 17.0 Å². The van der Waals surface area contributed by atoms with E-state index in [9.17, 15) is 10.1 Å². The van der Waals surface area contributed by atoms with Gasteiger partial charge in [0.1, 0.15) is 5.75 Å². The van der Waals surface area contributed by atoms with E-state index in [1.165, 1.54) is 12.1 Å². The lowest BCUT2D eigenvalue weighted by Crippen LogP contribution is -1.86. The van der Waals surface area contributed by atoms with Crippen molar-refractivity contribution in [2.75, 3.05) is 7.11 Å². The topological polar surface area (TPSA) is 68.2 Å². The van der Waals surface area contributed by atoms with Crippen LogP contribution < -0.4 is 4.74 Å². The molecule has 0 saturated heterocycles. The average Bonchev–Trinajstić information content (AvgIpc) is 3.06. The maximum atomic E-state index is 10.9. The van der Waals surface area contributed by atoms with E-state index in [1.54, 1.807) is 42.8 Å². The number of benzene rings is 3. The van der Waals surface area contributed by atoms with Crippen LogP contribution in [0.3, 0.4) is 0 Å². The van der Waals surface area contributed by atoms with Crippen LogP contribution in [-0.2, 0) is 0 Å². The molecule has 1 aromatic heterocycles. The maximum Gasteiger partial charge on any atom is 0.269 e. The molecule has 0 aliphatic rings. The Morgan fingerprint density at radius 3 is 2.21 bits per heavy atom. The van der Waals surface area contributed by atoms with Crippen LogP contribution in [0.25, 0.3) is 10.9 Å². The lowest BCUT2D eigenvalue weighted by molar-refractivity contribution is -0.384. The zero-order chi connectivity index (χ0) is 19.5. The summed E-state index contributed by atoms with van der Waals surface area (Å²) in [5, 5.41) is 13.0. The minimum atomic E-state index is -0.387. The largest absolute Gasteiger partial charge is 0.497 e. The molecule has 0 atom stereocenters. The summed E-state index contributed by atoms with van der Waals surface area (Å²) in [6, 6.07) is 22.7. The molecule has 28 heavy (non-hydrogen) atoms. The molecule has 140 valence electrons. The van der Waals surface area contributed by atoms with Crippen molar-refractivity contribution in [1.82, 2.24) is 4.98 Å². The molecule has 7 heteroatoms. The van der Waals surface area contributed by atoms with Gasteiger partial charge in [0.05, 0.1) is 22.0 Å². The van der Waals surface area contributed by atoms with Crippen LogP contribution in [0, 0.1) is 10.1 Å². The first-order valence-electron chi connectivity index (χ1n) is 8.49. The fourth-order valence-electron chi connectivity index (χ4n) is 2.78. The predicted octanol–water partition coefficient (Wildman–Crippen LogP) is 6.39. The van der Waals surface area contributed by atoms with E-state index in [0.29, 0.717) is 0 Å². The van der Waals surface area contributed by atoms with E-state index in [4.69, 9.17) is 4.74 Å². The number of aromatic amines is 1. The molecule has 0 aliphatic heterocycles. The highest BCUT2D eigenvalue weighted by Crippen LogP contribution is 2.43. The van der Waals surface area contributed by atoms with Crippen molar-refractivity contribution < 1.29 is 9.66 Å². The van der Waals surface area contributed by atoms with E-state index < -0.39 is 0 Å². The monoisotopic (exact) mass is 408 g/mol. The van der Waals surface area contributed by atoms with Gasteiger partial charge in [-0.25, -0.2) is 0 Å². The average molecular weight is 409 g/mol. The maximum absolute atomic E-state index is 10.9. The van der Waals surface area contributed by atoms with Crippen molar-refractivity contribution >= 4 is 40.1 Å². The Hall–Kier alpha value is -2.90. The molecule has 4 rings (SSSR count). The second-order valence-corrected chi connectivity index (χ2v) is 8.13. The van der Waals surface area contributed by atoms with Crippen molar-refractivity contribution in [2.45, 2.75) is 19.7 Å². The number of fused-ring (bicyclic) bond motifs is 1. The third-order valence-electron chi connectivity index (χ3n) is 4.17. The normalized spacial score (nSPS) is 10.9. The highest BCUT2D eigenvalue weighted by Gasteiger charge is 2.15. The quantitative estimate of drug-likeness (QED) is 0.296. The summed E-state index contributed by atoms with van der Waals surface area (Å²) in [5.74, 6) is 0.823. The van der Waals surface area contributed by atoms with Gasteiger partial charge in [-0.05, 0) is 42.5 Å². The molecule has 0 saturated carbocycles. The third kappa shape index (κ3) is 3.85. The molecule has 4 aromatic rings. The molecular weight excluding hydrogens is 392 g/mol. The predicted molar refractivity (Wildman–Crippen MR) is 113 cm³/mol. The molecule has 0 fully saturated rings. The first kappa shape index (κ1) is 18.5. The first-order valence-corrected chi connectivity index (χ1v) is 10.1. The lowest BCUT2D eigenvalue weighted by Gasteiger charge is -2.06. The standard InChI is InChI=1S/C21H16N2O3S2/c1-26-15-8-12-16(13-9-15)27-20-18-4-2-3-5-19(18)22-21(20)28-17-10-6-14(7-11-17)23(24)25/h2-13,22H,1H3. The van der Waals surface area contributed by atoms with Gasteiger partial charge in [-0.2, -0.15) is 0 Å². The molecule has 0 amide bonds. The minimum Gasteiger partial charge on any atom is -0.497 e. The van der Waals surface area contributed by atoms with Gasteiger partial charge >= 0.3 is 0 Å². The molecular formula is C21H16N2O3S2. The molecule has 1 N–H and O–H groups in total. The number of para-hydroxylation sites is 1. The first-order chi connectivity index (χ1) is 13.6. The van der Waals surface area contributed by atoms with Gasteiger partial charge in [0.2, 0.25) is 0 Å². The summed E-state index contributed by atoms with van der Waals surface area (Å²) in [7, 11) is 1.65. The van der Waals surface area contributed by atoms with Gasteiger partial charge in [0, 0.05) is 32.8 Å². The zero-order valence-corrected chi connectivity index (χ0v) is 16.5. The number of aromatic nitrogens is 1. The minimum absolute atomic E-state index is 0.0915. The van der Waals surface area contributed by atoms with E-state index >= 15 is 0 Å². The highest BCUT2D eigenvalue weighted by atomic mass is 32.2. The fraction of sp³-hybridized carbons (Fsp3) is 0.0476. The van der Waals surface area contributed by atoms with Gasteiger partial charge in [-0.1, -0.05) is 41.7 Å². The Labute approximate surface area is 170 Å². The van der Waals surface area contributed by atoms with Crippen molar-refractivity contribution in [3.05, 3.63) is 82.9 Å². The van der Waals surface area contributed by atoms with Crippen LogP contribution >= 0.6 is 23.5 Å². The van der Waals surface area contributed by atoms with Gasteiger partial charge < -0.3 is 9.72 Å². The summed E-state index contributed by atoms with van der Waals surface area (Å²) in [5.41, 5.74) is 1.15. The molecule has 0 aliphatic carbocycles. The van der Waals surface area contributed by atoms with E-state index in [1.807, 2.05) is 42.5 Å². The number of nitrogens with zero attached hydrogens (tertiary/aromatic N) is 1. The highest BCUT2D eigenvalue weighted by molar-refractivity contribution is 8.02. The summed E-state index contributed by atoms with van der Waals surface area (Å²) in [6.07, 6.45) is 0. The van der Waals surface area contributed by atoms with E-state index in [2.05, 4.69) is 11.1 Å². The number of non-ortho nitro benzene ring substituents is 1. The Morgan fingerprint density at radius 1 is 0.893 bits per heavy atom. The summed E-state index contributed by atoms with van der Waals surface area (Å²) < 4.78 is 5.24. The van der Waals surface area contributed by atoms with E-state index in [0.717, 1.165) is 36.4 Å². The number of rotatable bonds is 6. The van der Waals surface area contributed by atoms with Crippen LogP contribution in [0.1, 0.15) is 0 Å². The molecule has 5 nitrogen and oxygen atoms in total. The second-order valence-electron chi connectivity index (χ2n) is 5.96. The SMILES string of the molecule is COc1ccc(Sc2c(Sc3ccc([N+](=O)[O-])cc3)[nH]c3ccccc23)cc1. The number of H-pyrrole nitrogens is 1. The smallest absolute Gasteiger partial charge is 0.269 e. The Balaban J connectivity index is 1.69. The Kier molecular flexibility index (Phi) is 5.27. The van der Waals surface area contributed by atoms with Crippen LogP contribution in [0.5, 0.6) is 5.75 Å². The van der Waals surface area contributed by atoms with Gasteiger partial charge in [0.25, 0.3) is 5.69 Å². The summed E-state index contributed by atoms with van der Waals surface area (Å²) >= 11 is 3.24.